The van der Waals surface area contributed by atoms with Gasteiger partial charge in [-0.15, -0.1) is 0 Å². The van der Waals surface area contributed by atoms with E-state index >= 15 is 0 Å². The van der Waals surface area contributed by atoms with Crippen LogP contribution in [0.1, 0.15) is 43.7 Å². The number of rotatable bonds is 2. The summed E-state index contributed by atoms with van der Waals surface area (Å²) in [6, 6.07) is 6.61. The van der Waals surface area contributed by atoms with Gasteiger partial charge < -0.3 is 4.57 Å². The molecule has 2 nitrogen and oxygen atoms in total. The van der Waals surface area contributed by atoms with Crippen molar-refractivity contribution in [1.29, 1.82) is 5.26 Å². The molecule has 0 bridgehead atoms. The Bertz CT molecular complexity index is 353. The number of nitriles is 1. The highest BCUT2D eigenvalue weighted by atomic mass is 14.9. The van der Waals surface area contributed by atoms with Crippen LogP contribution in [0.25, 0.3) is 0 Å². The quantitative estimate of drug-likeness (QED) is 0.724. The molecule has 1 fully saturated rings. The van der Waals surface area contributed by atoms with Crippen molar-refractivity contribution >= 4 is 0 Å². The molecule has 1 aromatic heterocycles. The second-order valence-corrected chi connectivity index (χ2v) is 4.55. The number of hydrogen-bond acceptors (Lipinski definition) is 1. The van der Waals surface area contributed by atoms with E-state index in [1.54, 1.807) is 0 Å². The largest absolute Gasteiger partial charge is 0.353 e. The minimum atomic E-state index is 0.102. The summed E-state index contributed by atoms with van der Waals surface area (Å²) in [5.41, 5.74) is 1.18. The monoisotopic (exact) mass is 202 g/mol. The molecule has 0 radical (unpaired) electrons. The summed E-state index contributed by atoms with van der Waals surface area (Å²) in [6.07, 6.45) is 8.43. The minimum absolute atomic E-state index is 0.102. The maximum Gasteiger partial charge on any atom is 0.0892 e. The summed E-state index contributed by atoms with van der Waals surface area (Å²) < 4.78 is 2.09. The second-order valence-electron chi connectivity index (χ2n) is 4.55. The van der Waals surface area contributed by atoms with Gasteiger partial charge in [-0.2, -0.15) is 5.26 Å². The predicted octanol–water partition coefficient (Wildman–Crippen LogP) is 3.21. The summed E-state index contributed by atoms with van der Waals surface area (Å²) in [4.78, 5) is 0. The molecule has 0 amide bonds. The number of aromatic nitrogens is 1. The third kappa shape index (κ3) is 2.07. The summed E-state index contributed by atoms with van der Waals surface area (Å²) in [5, 5.41) is 9.31. The molecule has 0 aromatic carbocycles. The van der Waals surface area contributed by atoms with Crippen LogP contribution < -0.4 is 0 Å². The van der Waals surface area contributed by atoms with Gasteiger partial charge in [-0.3, -0.25) is 0 Å². The van der Waals surface area contributed by atoms with Gasteiger partial charge in [0.25, 0.3) is 0 Å². The lowest BCUT2D eigenvalue weighted by Gasteiger charge is -2.26. The molecule has 1 unspecified atom stereocenters. The minimum Gasteiger partial charge on any atom is -0.353 e. The Morgan fingerprint density at radius 2 is 2.13 bits per heavy atom. The Hall–Kier alpha value is -1.23. The average molecular weight is 202 g/mol. The van der Waals surface area contributed by atoms with Gasteiger partial charge in [0.05, 0.1) is 12.0 Å². The van der Waals surface area contributed by atoms with Gasteiger partial charge in [0.2, 0.25) is 0 Å². The van der Waals surface area contributed by atoms with Gasteiger partial charge >= 0.3 is 0 Å². The van der Waals surface area contributed by atoms with E-state index in [1.165, 1.54) is 37.8 Å². The first-order valence-electron chi connectivity index (χ1n) is 5.84. The van der Waals surface area contributed by atoms with Crippen LogP contribution in [0.4, 0.5) is 0 Å². The van der Waals surface area contributed by atoms with E-state index in [2.05, 4.69) is 16.7 Å². The smallest absolute Gasteiger partial charge is 0.0892 e. The Balaban J connectivity index is 2.17. The molecule has 0 spiro atoms. The van der Waals surface area contributed by atoms with Crippen molar-refractivity contribution < 1.29 is 0 Å². The summed E-state index contributed by atoms with van der Waals surface area (Å²) in [6.45, 7) is 0. The van der Waals surface area contributed by atoms with E-state index < -0.39 is 0 Å². The van der Waals surface area contributed by atoms with Crippen LogP contribution in [0.15, 0.2) is 18.3 Å². The Kier molecular flexibility index (Phi) is 3.11. The number of hydrogen-bond donors (Lipinski definition) is 0. The van der Waals surface area contributed by atoms with Crippen LogP contribution in [0.3, 0.4) is 0 Å². The van der Waals surface area contributed by atoms with Crippen molar-refractivity contribution in [2.45, 2.75) is 38.0 Å². The first kappa shape index (κ1) is 10.3. The molecule has 1 aliphatic rings. The van der Waals surface area contributed by atoms with E-state index in [-0.39, 0.29) is 5.92 Å². The Morgan fingerprint density at radius 3 is 2.67 bits per heavy atom. The number of nitrogens with zero attached hydrogens (tertiary/aromatic N) is 2. The predicted molar refractivity (Wildman–Crippen MR) is 60.3 cm³/mol. The van der Waals surface area contributed by atoms with Crippen LogP contribution in [0, 0.1) is 17.2 Å². The zero-order valence-corrected chi connectivity index (χ0v) is 9.32. The SMILES string of the molecule is Cn1cccc1C(C#N)C1CCCCC1. The number of aryl methyl sites for hydroxylation is 1. The highest BCUT2D eigenvalue weighted by Gasteiger charge is 2.26. The maximum absolute atomic E-state index is 9.31. The highest BCUT2D eigenvalue weighted by Crippen LogP contribution is 2.35. The van der Waals surface area contributed by atoms with Crippen molar-refractivity contribution in [1.82, 2.24) is 4.57 Å². The molecule has 1 aromatic rings. The second kappa shape index (κ2) is 4.53. The van der Waals surface area contributed by atoms with Crippen LogP contribution in [-0.2, 0) is 7.05 Å². The summed E-state index contributed by atoms with van der Waals surface area (Å²) >= 11 is 0. The van der Waals surface area contributed by atoms with E-state index in [9.17, 15) is 5.26 Å². The lowest BCUT2D eigenvalue weighted by Crippen LogP contribution is -2.17. The molecule has 1 aliphatic carbocycles. The zero-order chi connectivity index (χ0) is 10.7. The molecule has 1 saturated carbocycles. The Morgan fingerprint density at radius 1 is 1.40 bits per heavy atom. The maximum atomic E-state index is 9.31. The third-order valence-corrected chi connectivity index (χ3v) is 3.56. The molecule has 80 valence electrons. The molecule has 2 heteroatoms. The van der Waals surface area contributed by atoms with Crippen LogP contribution in [-0.4, -0.2) is 4.57 Å². The van der Waals surface area contributed by atoms with Crippen molar-refractivity contribution in [2.75, 3.05) is 0 Å². The van der Waals surface area contributed by atoms with Gasteiger partial charge in [-0.05, 0) is 30.9 Å². The zero-order valence-electron chi connectivity index (χ0n) is 9.32. The van der Waals surface area contributed by atoms with Crippen molar-refractivity contribution in [2.24, 2.45) is 13.0 Å². The fraction of sp³-hybridized carbons (Fsp3) is 0.615. The topological polar surface area (TPSA) is 28.7 Å². The first-order valence-corrected chi connectivity index (χ1v) is 5.84. The normalized spacial score (nSPS) is 19.7. The fourth-order valence-electron chi connectivity index (χ4n) is 2.68. The van der Waals surface area contributed by atoms with Crippen LogP contribution in [0.5, 0.6) is 0 Å². The van der Waals surface area contributed by atoms with Gasteiger partial charge in [0.1, 0.15) is 0 Å². The molecule has 1 heterocycles. The van der Waals surface area contributed by atoms with Crippen molar-refractivity contribution in [3.8, 4) is 6.07 Å². The van der Waals surface area contributed by atoms with E-state index in [1.807, 2.05) is 19.3 Å². The lowest BCUT2D eigenvalue weighted by molar-refractivity contribution is 0.330. The van der Waals surface area contributed by atoms with Crippen molar-refractivity contribution in [3.63, 3.8) is 0 Å². The van der Waals surface area contributed by atoms with Gasteiger partial charge in [-0.25, -0.2) is 0 Å². The molecule has 0 aliphatic heterocycles. The standard InChI is InChI=1S/C13H18N2/c1-15-9-5-8-13(15)12(10-14)11-6-3-2-4-7-11/h5,8-9,11-12H,2-4,6-7H2,1H3. The highest BCUT2D eigenvalue weighted by molar-refractivity contribution is 5.20. The molecule has 15 heavy (non-hydrogen) atoms. The van der Waals surface area contributed by atoms with E-state index in [0.29, 0.717) is 5.92 Å². The molecule has 0 N–H and O–H groups in total. The van der Waals surface area contributed by atoms with Crippen molar-refractivity contribution in [3.05, 3.63) is 24.0 Å². The first-order chi connectivity index (χ1) is 7.33. The van der Waals surface area contributed by atoms with E-state index in [4.69, 9.17) is 0 Å². The third-order valence-electron chi connectivity index (χ3n) is 3.56. The van der Waals surface area contributed by atoms with Gasteiger partial charge in [0.15, 0.2) is 0 Å². The van der Waals surface area contributed by atoms with Gasteiger partial charge in [0, 0.05) is 18.9 Å². The van der Waals surface area contributed by atoms with Crippen LogP contribution in [0.2, 0.25) is 0 Å². The summed E-state index contributed by atoms with van der Waals surface area (Å²) in [5.74, 6) is 0.683. The summed E-state index contributed by atoms with van der Waals surface area (Å²) in [7, 11) is 2.03. The van der Waals surface area contributed by atoms with E-state index in [0.717, 1.165) is 0 Å². The Labute approximate surface area is 91.5 Å². The van der Waals surface area contributed by atoms with Gasteiger partial charge in [-0.1, -0.05) is 19.3 Å². The molecular formula is C13H18N2. The lowest BCUT2D eigenvalue weighted by atomic mass is 9.79. The fourth-order valence-corrected chi connectivity index (χ4v) is 2.68. The molecular weight excluding hydrogens is 184 g/mol. The molecule has 2 rings (SSSR count). The average Bonchev–Trinajstić information content (AvgIpc) is 2.68. The molecule has 0 saturated heterocycles. The van der Waals surface area contributed by atoms with Crippen LogP contribution >= 0.6 is 0 Å². The molecule has 1 atom stereocenters.